The minimum Gasteiger partial charge on any atom is -0.389 e. The van der Waals surface area contributed by atoms with Crippen LogP contribution < -0.4 is 5.48 Å². The van der Waals surface area contributed by atoms with Crippen molar-refractivity contribution >= 4 is 5.69 Å². The normalized spacial score (nSPS) is 13.2. The van der Waals surface area contributed by atoms with E-state index in [0.717, 1.165) is 11.3 Å². The van der Waals surface area contributed by atoms with Gasteiger partial charge in [0.05, 0.1) is 5.69 Å². The van der Waals surface area contributed by atoms with Crippen molar-refractivity contribution in [1.82, 2.24) is 0 Å². The molecule has 0 aromatic heterocycles. The highest BCUT2D eigenvalue weighted by Crippen LogP contribution is 2.17. The quantitative estimate of drug-likeness (QED) is 0.580. The summed E-state index contributed by atoms with van der Waals surface area (Å²) in [5.74, 6) is 0. The summed E-state index contributed by atoms with van der Waals surface area (Å²) in [6.07, 6.45) is 4.46. The van der Waals surface area contributed by atoms with Gasteiger partial charge in [0.2, 0.25) is 0 Å². The highest BCUT2D eigenvalue weighted by atomic mass is 16.6. The second-order valence-electron chi connectivity index (χ2n) is 2.03. The Balaban J connectivity index is 2.54. The van der Waals surface area contributed by atoms with E-state index in [-0.39, 0.29) is 0 Å². The van der Waals surface area contributed by atoms with Crippen molar-refractivity contribution in [3.05, 3.63) is 42.2 Å². The van der Waals surface area contributed by atoms with Gasteiger partial charge in [0.25, 0.3) is 0 Å². The Hall–Kier alpha value is -1.44. The van der Waals surface area contributed by atoms with Crippen LogP contribution in [0.4, 0.5) is 5.69 Å². The predicted molar refractivity (Wildman–Crippen MR) is 38.1 cm³/mol. The average Bonchev–Trinajstić information content (AvgIpc) is 2.05. The lowest BCUT2D eigenvalue weighted by atomic mass is 10.2. The molecule has 0 aliphatic carbocycles. The third kappa shape index (κ3) is 0.739. The van der Waals surface area contributed by atoms with Gasteiger partial charge in [-0.1, -0.05) is 18.2 Å². The van der Waals surface area contributed by atoms with Gasteiger partial charge < -0.3 is 4.84 Å². The van der Waals surface area contributed by atoms with Crippen LogP contribution in [0.1, 0.15) is 5.56 Å². The molecular formula is C8H6NO. The maximum absolute atomic E-state index is 4.81. The standard InChI is InChI=1S/C8H6NO/c1-2-4-8-7(3-1)5-6-10-9-8/h1-4,6,9H. The Bertz CT molecular complexity index is 268. The first-order chi connectivity index (χ1) is 4.97. The molecule has 0 saturated heterocycles. The molecule has 2 rings (SSSR count). The number of hydrogen-bond donors (Lipinski definition) is 1. The lowest BCUT2D eigenvalue weighted by molar-refractivity contribution is 0.323. The predicted octanol–water partition coefficient (Wildman–Crippen LogP) is 1.71. The molecule has 0 bridgehead atoms. The molecule has 49 valence electrons. The van der Waals surface area contributed by atoms with Crippen molar-refractivity contribution in [2.75, 3.05) is 5.48 Å². The number of hydrogen-bond acceptors (Lipinski definition) is 2. The molecule has 1 N–H and O–H groups in total. The molecule has 0 saturated carbocycles. The van der Waals surface area contributed by atoms with E-state index in [9.17, 15) is 0 Å². The monoisotopic (exact) mass is 132 g/mol. The van der Waals surface area contributed by atoms with Crippen LogP contribution in [0.2, 0.25) is 0 Å². The van der Waals surface area contributed by atoms with Crippen molar-refractivity contribution in [2.45, 2.75) is 0 Å². The summed E-state index contributed by atoms with van der Waals surface area (Å²) in [4.78, 5) is 4.81. The third-order valence-corrected chi connectivity index (χ3v) is 1.37. The molecule has 1 radical (unpaired) electrons. The van der Waals surface area contributed by atoms with Gasteiger partial charge in [-0.25, -0.2) is 5.48 Å². The summed E-state index contributed by atoms with van der Waals surface area (Å²) >= 11 is 0. The Morgan fingerprint density at radius 1 is 1.30 bits per heavy atom. The number of fused-ring (bicyclic) bond motifs is 1. The van der Waals surface area contributed by atoms with Crippen molar-refractivity contribution in [3.8, 4) is 0 Å². The minimum atomic E-state index is 0.963. The van der Waals surface area contributed by atoms with Gasteiger partial charge >= 0.3 is 0 Å². The SMILES string of the molecule is [C]1=CONc2ccccc21. The van der Waals surface area contributed by atoms with Crippen LogP contribution in [0.5, 0.6) is 0 Å². The zero-order chi connectivity index (χ0) is 6.81. The van der Waals surface area contributed by atoms with Gasteiger partial charge in [-0.2, -0.15) is 0 Å². The van der Waals surface area contributed by atoms with Crippen molar-refractivity contribution in [1.29, 1.82) is 0 Å². The lowest BCUT2D eigenvalue weighted by Gasteiger charge is -2.10. The van der Waals surface area contributed by atoms with Crippen LogP contribution >= 0.6 is 0 Å². The highest BCUT2D eigenvalue weighted by Gasteiger charge is 2.00. The fourth-order valence-corrected chi connectivity index (χ4v) is 0.884. The largest absolute Gasteiger partial charge is 0.389 e. The van der Waals surface area contributed by atoms with Crippen LogP contribution in [-0.2, 0) is 4.84 Å². The van der Waals surface area contributed by atoms with Crippen LogP contribution in [0.25, 0.3) is 0 Å². The van der Waals surface area contributed by atoms with Gasteiger partial charge in [-0.3, -0.25) is 0 Å². The zero-order valence-corrected chi connectivity index (χ0v) is 5.29. The second kappa shape index (κ2) is 2.06. The Morgan fingerprint density at radius 3 is 3.10 bits per heavy atom. The van der Waals surface area contributed by atoms with Crippen LogP contribution in [0.3, 0.4) is 0 Å². The molecule has 10 heavy (non-hydrogen) atoms. The number of nitrogens with one attached hydrogen (secondary N) is 1. The molecule has 0 spiro atoms. The Labute approximate surface area is 59.1 Å². The molecule has 1 aromatic carbocycles. The first-order valence-electron chi connectivity index (χ1n) is 3.06. The molecule has 1 aliphatic heterocycles. The molecule has 1 aromatic rings. The molecule has 0 amide bonds. The third-order valence-electron chi connectivity index (χ3n) is 1.37. The molecule has 2 heteroatoms. The summed E-state index contributed by atoms with van der Waals surface area (Å²) in [6, 6.07) is 7.82. The number of rotatable bonds is 0. The van der Waals surface area contributed by atoms with Gasteiger partial charge in [0.15, 0.2) is 0 Å². The fourth-order valence-electron chi connectivity index (χ4n) is 0.884. The number of para-hydroxylation sites is 1. The van der Waals surface area contributed by atoms with Crippen molar-refractivity contribution in [2.24, 2.45) is 0 Å². The highest BCUT2D eigenvalue weighted by molar-refractivity contribution is 5.53. The van der Waals surface area contributed by atoms with E-state index >= 15 is 0 Å². The van der Waals surface area contributed by atoms with Crippen molar-refractivity contribution < 1.29 is 4.84 Å². The first-order valence-corrected chi connectivity index (χ1v) is 3.06. The summed E-state index contributed by atoms with van der Waals surface area (Å²) in [6.45, 7) is 0. The Morgan fingerprint density at radius 2 is 2.20 bits per heavy atom. The van der Waals surface area contributed by atoms with E-state index in [4.69, 9.17) is 4.84 Å². The molecule has 2 nitrogen and oxygen atoms in total. The maximum atomic E-state index is 4.81. The van der Waals surface area contributed by atoms with Gasteiger partial charge in [-0.15, -0.1) is 0 Å². The lowest BCUT2D eigenvalue weighted by Crippen LogP contribution is -2.01. The average molecular weight is 132 g/mol. The smallest absolute Gasteiger partial charge is 0.127 e. The van der Waals surface area contributed by atoms with Gasteiger partial charge in [-0.05, 0) is 6.07 Å². The molecule has 0 fully saturated rings. The Kier molecular flexibility index (Phi) is 1.10. The minimum absolute atomic E-state index is 0.963. The molecular weight excluding hydrogens is 126 g/mol. The topological polar surface area (TPSA) is 21.3 Å². The number of benzene rings is 1. The second-order valence-corrected chi connectivity index (χ2v) is 2.03. The molecule has 0 atom stereocenters. The first kappa shape index (κ1) is 5.35. The van der Waals surface area contributed by atoms with E-state index < -0.39 is 0 Å². The van der Waals surface area contributed by atoms with E-state index in [0.29, 0.717) is 0 Å². The van der Waals surface area contributed by atoms with Crippen LogP contribution in [0, 0.1) is 6.08 Å². The van der Waals surface area contributed by atoms with E-state index in [2.05, 4.69) is 11.6 Å². The zero-order valence-electron chi connectivity index (χ0n) is 5.29. The van der Waals surface area contributed by atoms with Gasteiger partial charge in [0.1, 0.15) is 6.26 Å². The summed E-state index contributed by atoms with van der Waals surface area (Å²) in [5, 5.41) is 0. The molecule has 1 aliphatic rings. The summed E-state index contributed by atoms with van der Waals surface area (Å²) in [5.41, 5.74) is 4.74. The number of anilines is 1. The van der Waals surface area contributed by atoms with E-state index in [1.807, 2.05) is 24.3 Å². The molecule has 0 unspecified atom stereocenters. The van der Waals surface area contributed by atoms with E-state index in [1.54, 1.807) is 0 Å². The van der Waals surface area contributed by atoms with E-state index in [1.165, 1.54) is 6.26 Å². The maximum Gasteiger partial charge on any atom is 0.127 e. The van der Waals surface area contributed by atoms with Crippen LogP contribution in [0.15, 0.2) is 30.5 Å². The fraction of sp³-hybridized carbons (Fsp3) is 0. The van der Waals surface area contributed by atoms with Gasteiger partial charge in [0, 0.05) is 11.6 Å². The summed E-state index contributed by atoms with van der Waals surface area (Å²) < 4.78 is 0. The summed E-state index contributed by atoms with van der Waals surface area (Å²) in [7, 11) is 0. The van der Waals surface area contributed by atoms with Crippen LogP contribution in [-0.4, -0.2) is 0 Å². The molecule has 1 heterocycles. The van der Waals surface area contributed by atoms with Crippen molar-refractivity contribution in [3.63, 3.8) is 0 Å².